The highest BCUT2D eigenvalue weighted by Crippen LogP contribution is 2.28. The van der Waals surface area contributed by atoms with Crippen LogP contribution in [0.2, 0.25) is 10.0 Å². The molecule has 0 radical (unpaired) electrons. The molecule has 5 nitrogen and oxygen atoms in total. The maximum atomic E-state index is 6.10. The standard InChI is InChI=1S/C29H28Cl2N4O/c30-23-11-7-21(8-12-23)27-20-28(22-9-13-24(31)14-10-22)34-29(33-27)32-25-5-4-6-26(19-25)36-18-17-35-15-2-1-3-16-35/h4-14,19-20H,1-3,15-18H2,(H,32,33,34). The van der Waals surface area contributed by atoms with Crippen LogP contribution in [0, 0.1) is 0 Å². The van der Waals surface area contributed by atoms with Gasteiger partial charge in [-0.15, -0.1) is 0 Å². The molecule has 1 aliphatic rings. The molecule has 0 bridgehead atoms. The molecular formula is C29H28Cl2N4O. The number of anilines is 2. The second-order valence-corrected chi connectivity index (χ2v) is 9.75. The van der Waals surface area contributed by atoms with Gasteiger partial charge in [0.25, 0.3) is 0 Å². The minimum Gasteiger partial charge on any atom is -0.492 e. The lowest BCUT2D eigenvalue weighted by Gasteiger charge is -2.26. The van der Waals surface area contributed by atoms with Crippen molar-refractivity contribution in [3.63, 3.8) is 0 Å². The van der Waals surface area contributed by atoms with E-state index in [1.807, 2.05) is 78.9 Å². The summed E-state index contributed by atoms with van der Waals surface area (Å²) in [5, 5.41) is 4.73. The molecule has 0 atom stereocenters. The normalized spacial score (nSPS) is 13.9. The molecule has 5 rings (SSSR count). The smallest absolute Gasteiger partial charge is 0.228 e. The summed E-state index contributed by atoms with van der Waals surface area (Å²) in [7, 11) is 0. The predicted octanol–water partition coefficient (Wildman–Crippen LogP) is 7.73. The largest absolute Gasteiger partial charge is 0.492 e. The van der Waals surface area contributed by atoms with Crippen LogP contribution in [-0.4, -0.2) is 41.1 Å². The molecule has 184 valence electrons. The zero-order valence-electron chi connectivity index (χ0n) is 20.0. The lowest BCUT2D eigenvalue weighted by molar-refractivity contribution is 0.183. The van der Waals surface area contributed by atoms with Crippen LogP contribution in [-0.2, 0) is 0 Å². The topological polar surface area (TPSA) is 50.3 Å². The van der Waals surface area contributed by atoms with E-state index < -0.39 is 0 Å². The Labute approximate surface area is 222 Å². The molecule has 1 fully saturated rings. The van der Waals surface area contributed by atoms with Gasteiger partial charge in [0.1, 0.15) is 12.4 Å². The van der Waals surface area contributed by atoms with Crippen molar-refractivity contribution in [1.82, 2.24) is 14.9 Å². The van der Waals surface area contributed by atoms with E-state index in [0.717, 1.165) is 40.5 Å². The van der Waals surface area contributed by atoms with Crippen LogP contribution < -0.4 is 10.1 Å². The average molecular weight is 519 g/mol. The molecule has 1 aromatic heterocycles. The number of hydrogen-bond acceptors (Lipinski definition) is 5. The summed E-state index contributed by atoms with van der Waals surface area (Å²) >= 11 is 12.2. The van der Waals surface area contributed by atoms with Gasteiger partial charge < -0.3 is 10.1 Å². The van der Waals surface area contributed by atoms with Crippen LogP contribution in [0.4, 0.5) is 11.6 Å². The van der Waals surface area contributed by atoms with Gasteiger partial charge in [-0.25, -0.2) is 9.97 Å². The Bertz CT molecular complexity index is 1230. The number of piperidine rings is 1. The van der Waals surface area contributed by atoms with E-state index in [-0.39, 0.29) is 0 Å². The number of ether oxygens (including phenoxy) is 1. The average Bonchev–Trinajstić information content (AvgIpc) is 2.90. The van der Waals surface area contributed by atoms with Crippen molar-refractivity contribution < 1.29 is 4.74 Å². The Hall–Kier alpha value is -3.12. The number of rotatable bonds is 8. The monoisotopic (exact) mass is 518 g/mol. The summed E-state index contributed by atoms with van der Waals surface area (Å²) in [5.41, 5.74) is 4.36. The van der Waals surface area contributed by atoms with Crippen molar-refractivity contribution in [1.29, 1.82) is 0 Å². The Morgan fingerprint density at radius 3 is 1.97 bits per heavy atom. The molecule has 3 aromatic carbocycles. The SMILES string of the molecule is Clc1ccc(-c2cc(-c3ccc(Cl)cc3)nc(Nc3cccc(OCCN4CCCCC4)c3)n2)cc1. The number of nitrogens with zero attached hydrogens (tertiary/aromatic N) is 3. The summed E-state index contributed by atoms with van der Waals surface area (Å²) in [4.78, 5) is 12.0. The third-order valence-electron chi connectivity index (χ3n) is 6.22. The molecule has 0 saturated carbocycles. The van der Waals surface area contributed by atoms with Crippen LogP contribution in [0.15, 0.2) is 78.9 Å². The van der Waals surface area contributed by atoms with Crippen LogP contribution in [0.3, 0.4) is 0 Å². The number of benzene rings is 3. The Morgan fingerprint density at radius 2 is 1.36 bits per heavy atom. The van der Waals surface area contributed by atoms with E-state index in [9.17, 15) is 0 Å². The van der Waals surface area contributed by atoms with Gasteiger partial charge in [-0.3, -0.25) is 4.90 Å². The number of hydrogen-bond donors (Lipinski definition) is 1. The van der Waals surface area contributed by atoms with E-state index in [1.165, 1.54) is 32.4 Å². The van der Waals surface area contributed by atoms with Gasteiger partial charge in [-0.2, -0.15) is 0 Å². The first-order valence-electron chi connectivity index (χ1n) is 12.3. The van der Waals surface area contributed by atoms with Gasteiger partial charge in [0.05, 0.1) is 11.4 Å². The summed E-state index contributed by atoms with van der Waals surface area (Å²) in [5.74, 6) is 1.32. The molecule has 1 N–H and O–H groups in total. The highest BCUT2D eigenvalue weighted by molar-refractivity contribution is 6.30. The van der Waals surface area contributed by atoms with E-state index in [1.54, 1.807) is 0 Å². The molecule has 0 unspecified atom stereocenters. The van der Waals surface area contributed by atoms with Crippen LogP contribution in [0.25, 0.3) is 22.5 Å². The second kappa shape index (κ2) is 11.7. The molecular weight excluding hydrogens is 491 g/mol. The lowest BCUT2D eigenvalue weighted by atomic mass is 10.1. The zero-order chi connectivity index (χ0) is 24.7. The van der Waals surface area contributed by atoms with Crippen molar-refractivity contribution in [2.24, 2.45) is 0 Å². The number of nitrogens with one attached hydrogen (secondary N) is 1. The third kappa shape index (κ3) is 6.55. The fraction of sp³-hybridized carbons (Fsp3) is 0.241. The molecule has 1 saturated heterocycles. The summed E-state index contributed by atoms with van der Waals surface area (Å²) in [6.45, 7) is 3.96. The van der Waals surface area contributed by atoms with Crippen LogP contribution in [0.1, 0.15) is 19.3 Å². The highest BCUT2D eigenvalue weighted by atomic mass is 35.5. The molecule has 0 amide bonds. The van der Waals surface area contributed by atoms with Gasteiger partial charge in [-0.1, -0.05) is 60.0 Å². The van der Waals surface area contributed by atoms with Crippen molar-refractivity contribution in [3.8, 4) is 28.3 Å². The zero-order valence-corrected chi connectivity index (χ0v) is 21.5. The first-order chi connectivity index (χ1) is 17.6. The molecule has 0 aliphatic carbocycles. The fourth-order valence-electron chi connectivity index (χ4n) is 4.31. The van der Waals surface area contributed by atoms with Crippen molar-refractivity contribution in [3.05, 3.63) is 88.9 Å². The van der Waals surface area contributed by atoms with Crippen molar-refractivity contribution >= 4 is 34.8 Å². The maximum Gasteiger partial charge on any atom is 0.228 e. The number of halogens is 2. The van der Waals surface area contributed by atoms with Gasteiger partial charge in [0.15, 0.2) is 0 Å². The Kier molecular flexibility index (Phi) is 8.01. The molecule has 7 heteroatoms. The van der Waals surface area contributed by atoms with E-state index in [4.69, 9.17) is 37.9 Å². The maximum absolute atomic E-state index is 6.10. The van der Waals surface area contributed by atoms with E-state index in [2.05, 4.69) is 10.2 Å². The first-order valence-corrected chi connectivity index (χ1v) is 13.0. The molecule has 2 heterocycles. The second-order valence-electron chi connectivity index (χ2n) is 8.88. The van der Waals surface area contributed by atoms with Crippen molar-refractivity contribution in [2.45, 2.75) is 19.3 Å². The van der Waals surface area contributed by atoms with Gasteiger partial charge in [0.2, 0.25) is 5.95 Å². The predicted molar refractivity (Wildman–Crippen MR) is 148 cm³/mol. The van der Waals surface area contributed by atoms with Gasteiger partial charge in [0, 0.05) is 39.5 Å². The number of aromatic nitrogens is 2. The quantitative estimate of drug-likeness (QED) is 0.258. The molecule has 36 heavy (non-hydrogen) atoms. The minimum absolute atomic E-state index is 0.498. The Balaban J connectivity index is 1.36. The van der Waals surface area contributed by atoms with Gasteiger partial charge >= 0.3 is 0 Å². The molecule has 0 spiro atoms. The lowest BCUT2D eigenvalue weighted by Crippen LogP contribution is -2.33. The van der Waals surface area contributed by atoms with Crippen molar-refractivity contribution in [2.75, 3.05) is 31.6 Å². The Morgan fingerprint density at radius 1 is 0.750 bits per heavy atom. The molecule has 4 aromatic rings. The minimum atomic E-state index is 0.498. The van der Waals surface area contributed by atoms with Crippen LogP contribution >= 0.6 is 23.2 Å². The highest BCUT2D eigenvalue weighted by Gasteiger charge is 2.11. The first kappa shape index (κ1) is 24.6. The summed E-state index contributed by atoms with van der Waals surface area (Å²) in [6.07, 6.45) is 3.91. The summed E-state index contributed by atoms with van der Waals surface area (Å²) in [6, 6.07) is 25.1. The number of likely N-dealkylation sites (tertiary alicyclic amines) is 1. The molecule has 1 aliphatic heterocycles. The van der Waals surface area contributed by atoms with Crippen LogP contribution in [0.5, 0.6) is 5.75 Å². The van der Waals surface area contributed by atoms with E-state index >= 15 is 0 Å². The van der Waals surface area contributed by atoms with Gasteiger partial charge in [-0.05, 0) is 68.4 Å². The summed E-state index contributed by atoms with van der Waals surface area (Å²) < 4.78 is 6.05. The fourth-order valence-corrected chi connectivity index (χ4v) is 4.56. The third-order valence-corrected chi connectivity index (χ3v) is 6.73. The van der Waals surface area contributed by atoms with E-state index in [0.29, 0.717) is 22.6 Å².